The van der Waals surface area contributed by atoms with E-state index in [4.69, 9.17) is 0 Å². The minimum Gasteiger partial charge on any atom is -0.298 e. The molecular weight excluding hydrogens is 422 g/mol. The highest BCUT2D eigenvalue weighted by molar-refractivity contribution is 8.00. The first-order chi connectivity index (χ1) is 14.1. The molecule has 0 saturated heterocycles. The largest absolute Gasteiger partial charge is 0.298 e. The summed E-state index contributed by atoms with van der Waals surface area (Å²) in [6.07, 6.45) is 3.61. The molecule has 5 rings (SSSR count). The number of anilines is 1. The summed E-state index contributed by atoms with van der Waals surface area (Å²) in [5.74, 6) is -0.214. The fraction of sp³-hybridized carbons (Fsp3) is 0.100. The summed E-state index contributed by atoms with van der Waals surface area (Å²) in [5, 5.41) is 7.88. The van der Waals surface area contributed by atoms with E-state index in [1.165, 1.54) is 11.3 Å². The Morgan fingerprint density at radius 3 is 2.52 bits per heavy atom. The van der Waals surface area contributed by atoms with Crippen molar-refractivity contribution >= 4 is 65.9 Å². The fourth-order valence-electron chi connectivity index (χ4n) is 3.12. The number of thiazole rings is 2. The molecule has 3 heterocycles. The molecule has 0 aliphatic rings. The van der Waals surface area contributed by atoms with Crippen LogP contribution < -0.4 is 5.32 Å². The second kappa shape index (κ2) is 7.25. The number of carbonyl (C=O) groups is 1. The first-order valence-corrected chi connectivity index (χ1v) is 11.7. The van der Waals surface area contributed by atoms with Gasteiger partial charge < -0.3 is 0 Å². The maximum atomic E-state index is 12.9. The van der Waals surface area contributed by atoms with Gasteiger partial charge in [-0.05, 0) is 37.4 Å². The van der Waals surface area contributed by atoms with Crippen molar-refractivity contribution in [2.24, 2.45) is 0 Å². The third-order valence-electron chi connectivity index (χ3n) is 4.54. The zero-order chi connectivity index (χ0) is 20.0. The molecule has 1 N–H and O–H groups in total. The van der Waals surface area contributed by atoms with Crippen LogP contribution in [0.15, 0.2) is 53.0 Å². The van der Waals surface area contributed by atoms with Gasteiger partial charge in [0.15, 0.2) is 9.47 Å². The predicted octanol–water partition coefficient (Wildman–Crippen LogP) is 5.37. The standard InChI is InChI=1S/C20H15N5OS3/c1-11-13(10-21-25(11)12-6-4-3-5-7-12)18(26)24-19-22-14-8-9-15-17(16(14)28-19)29-20(23-15)27-2/h3-10H,1-2H3,(H,22,24,26). The van der Waals surface area contributed by atoms with Crippen LogP contribution in [0.5, 0.6) is 0 Å². The number of carbonyl (C=O) groups excluding carboxylic acids is 1. The topological polar surface area (TPSA) is 72.7 Å². The minimum atomic E-state index is -0.214. The molecule has 0 fully saturated rings. The smallest absolute Gasteiger partial charge is 0.260 e. The van der Waals surface area contributed by atoms with Crippen LogP contribution in [0.1, 0.15) is 16.1 Å². The molecule has 0 spiro atoms. The van der Waals surface area contributed by atoms with Gasteiger partial charge in [-0.3, -0.25) is 10.1 Å². The zero-order valence-electron chi connectivity index (χ0n) is 15.5. The molecule has 0 unspecified atom stereocenters. The van der Waals surface area contributed by atoms with E-state index in [1.807, 2.05) is 55.6 Å². The number of amides is 1. The third kappa shape index (κ3) is 3.21. The minimum absolute atomic E-state index is 0.214. The highest BCUT2D eigenvalue weighted by Gasteiger charge is 2.18. The molecule has 29 heavy (non-hydrogen) atoms. The van der Waals surface area contributed by atoms with Crippen molar-refractivity contribution in [3.05, 3.63) is 59.9 Å². The Bertz CT molecular complexity index is 1350. The van der Waals surface area contributed by atoms with E-state index in [2.05, 4.69) is 20.4 Å². The van der Waals surface area contributed by atoms with Gasteiger partial charge in [-0.15, -0.1) is 11.3 Å². The first kappa shape index (κ1) is 18.3. The Labute approximate surface area is 178 Å². The van der Waals surface area contributed by atoms with Gasteiger partial charge in [-0.1, -0.05) is 41.3 Å². The quantitative estimate of drug-likeness (QED) is 0.383. The normalized spacial score (nSPS) is 11.4. The van der Waals surface area contributed by atoms with Crippen LogP contribution in [0.3, 0.4) is 0 Å². The molecular formula is C20H15N5OS3. The number of hydrogen-bond donors (Lipinski definition) is 1. The van der Waals surface area contributed by atoms with Gasteiger partial charge in [0.2, 0.25) is 0 Å². The van der Waals surface area contributed by atoms with Gasteiger partial charge in [-0.25, -0.2) is 14.6 Å². The molecule has 3 aromatic heterocycles. The highest BCUT2D eigenvalue weighted by atomic mass is 32.2. The SMILES string of the molecule is CSc1nc2ccc3nc(NC(=O)c4cnn(-c5ccccc5)c4C)sc3c2s1. The lowest BCUT2D eigenvalue weighted by molar-refractivity contribution is 0.102. The summed E-state index contributed by atoms with van der Waals surface area (Å²) in [4.78, 5) is 22.1. The van der Waals surface area contributed by atoms with Gasteiger partial charge in [-0.2, -0.15) is 5.10 Å². The number of thioether (sulfide) groups is 1. The molecule has 6 nitrogen and oxygen atoms in total. The lowest BCUT2D eigenvalue weighted by Crippen LogP contribution is -2.12. The number of rotatable bonds is 4. The molecule has 0 bridgehead atoms. The third-order valence-corrected chi connectivity index (χ3v) is 7.75. The van der Waals surface area contributed by atoms with Gasteiger partial charge >= 0.3 is 0 Å². The second-order valence-corrected chi connectivity index (χ2v) is 9.36. The Kier molecular flexibility index (Phi) is 4.57. The molecule has 0 radical (unpaired) electrons. The van der Waals surface area contributed by atoms with Crippen LogP contribution in [0.4, 0.5) is 5.13 Å². The molecule has 144 valence electrons. The lowest BCUT2D eigenvalue weighted by atomic mass is 10.2. The van der Waals surface area contributed by atoms with Crippen molar-refractivity contribution < 1.29 is 4.79 Å². The van der Waals surface area contributed by atoms with E-state index in [1.54, 1.807) is 34.0 Å². The molecule has 2 aromatic carbocycles. The number of benzene rings is 2. The number of hydrogen-bond acceptors (Lipinski definition) is 7. The first-order valence-electron chi connectivity index (χ1n) is 8.79. The fourth-order valence-corrected chi connectivity index (χ4v) is 5.77. The number of nitrogens with one attached hydrogen (secondary N) is 1. The summed E-state index contributed by atoms with van der Waals surface area (Å²) >= 11 is 4.76. The van der Waals surface area contributed by atoms with E-state index >= 15 is 0 Å². The molecule has 1 amide bonds. The summed E-state index contributed by atoms with van der Waals surface area (Å²) < 4.78 is 4.94. The van der Waals surface area contributed by atoms with Gasteiger partial charge in [0.05, 0.1) is 43.6 Å². The Morgan fingerprint density at radius 2 is 1.76 bits per heavy atom. The van der Waals surface area contributed by atoms with Gasteiger partial charge in [0, 0.05) is 0 Å². The maximum Gasteiger partial charge on any atom is 0.260 e. The Hall–Kier alpha value is -2.75. The van der Waals surface area contributed by atoms with Gasteiger partial charge in [0.25, 0.3) is 5.91 Å². The van der Waals surface area contributed by atoms with Crippen LogP contribution >= 0.6 is 34.4 Å². The molecule has 0 aliphatic carbocycles. The van der Waals surface area contributed by atoms with Crippen LogP contribution in [0.2, 0.25) is 0 Å². The van der Waals surface area contributed by atoms with Crippen LogP contribution in [-0.4, -0.2) is 31.9 Å². The van der Waals surface area contributed by atoms with Gasteiger partial charge in [0.1, 0.15) is 0 Å². The molecule has 9 heteroatoms. The average Bonchev–Trinajstić information content (AvgIpc) is 3.43. The molecule has 0 saturated carbocycles. The summed E-state index contributed by atoms with van der Waals surface area (Å²) in [7, 11) is 0. The average molecular weight is 438 g/mol. The predicted molar refractivity (Wildman–Crippen MR) is 121 cm³/mol. The number of aromatic nitrogens is 4. The van der Waals surface area contributed by atoms with Crippen LogP contribution in [0, 0.1) is 6.92 Å². The van der Waals surface area contributed by atoms with E-state index < -0.39 is 0 Å². The summed E-state index contributed by atoms with van der Waals surface area (Å²) in [5.41, 5.74) is 4.06. The van der Waals surface area contributed by atoms with Crippen molar-refractivity contribution in [1.29, 1.82) is 0 Å². The number of nitrogens with zero attached hydrogens (tertiary/aromatic N) is 4. The van der Waals surface area contributed by atoms with Crippen molar-refractivity contribution in [2.75, 3.05) is 11.6 Å². The van der Waals surface area contributed by atoms with E-state index in [9.17, 15) is 4.79 Å². The van der Waals surface area contributed by atoms with E-state index in [0.717, 1.165) is 36.2 Å². The number of para-hydroxylation sites is 1. The lowest BCUT2D eigenvalue weighted by Gasteiger charge is -2.05. The molecule has 0 aliphatic heterocycles. The van der Waals surface area contributed by atoms with Crippen molar-refractivity contribution in [3.63, 3.8) is 0 Å². The maximum absolute atomic E-state index is 12.9. The van der Waals surface area contributed by atoms with Crippen molar-refractivity contribution in [2.45, 2.75) is 11.3 Å². The monoisotopic (exact) mass is 437 g/mol. The second-order valence-electron chi connectivity index (χ2n) is 6.31. The van der Waals surface area contributed by atoms with Crippen LogP contribution in [-0.2, 0) is 0 Å². The highest BCUT2D eigenvalue weighted by Crippen LogP contribution is 2.38. The summed E-state index contributed by atoms with van der Waals surface area (Å²) in [6.45, 7) is 1.89. The van der Waals surface area contributed by atoms with Crippen LogP contribution in [0.25, 0.3) is 26.1 Å². The van der Waals surface area contributed by atoms with Crippen molar-refractivity contribution in [1.82, 2.24) is 19.7 Å². The van der Waals surface area contributed by atoms with E-state index in [-0.39, 0.29) is 5.91 Å². The zero-order valence-corrected chi connectivity index (χ0v) is 18.0. The number of fused-ring (bicyclic) bond motifs is 3. The summed E-state index contributed by atoms with van der Waals surface area (Å²) in [6, 6.07) is 13.7. The van der Waals surface area contributed by atoms with Crippen molar-refractivity contribution in [3.8, 4) is 5.69 Å². The Morgan fingerprint density at radius 1 is 1.03 bits per heavy atom. The molecule has 5 aromatic rings. The molecule has 0 atom stereocenters. The Balaban J connectivity index is 1.47. The van der Waals surface area contributed by atoms with E-state index in [0.29, 0.717) is 10.7 Å².